The fraction of sp³-hybridized carbons (Fsp3) is 0.318. The quantitative estimate of drug-likeness (QED) is 0.384. The van der Waals surface area contributed by atoms with Crippen LogP contribution < -0.4 is 61.4 Å². The van der Waals surface area contributed by atoms with Crippen LogP contribution in [-0.2, 0) is 9.59 Å². The Morgan fingerprint density at radius 3 is 2.59 bits per heavy atom. The van der Waals surface area contributed by atoms with Crippen LogP contribution in [-0.4, -0.2) is 24.6 Å². The van der Waals surface area contributed by atoms with E-state index in [0.29, 0.717) is 16.4 Å². The number of halogens is 1. The van der Waals surface area contributed by atoms with E-state index in [-0.39, 0.29) is 63.2 Å². The van der Waals surface area contributed by atoms with Gasteiger partial charge in [0.15, 0.2) is 0 Å². The third-order valence-corrected chi connectivity index (χ3v) is 5.89. The summed E-state index contributed by atoms with van der Waals surface area (Å²) in [5, 5.41) is 3.32. The van der Waals surface area contributed by atoms with Crippen LogP contribution in [0, 0.1) is 19.8 Å². The number of ether oxygens (including phenoxy) is 1. The number of aryl methyl sites for hydroxylation is 1. The molecule has 0 spiro atoms. The first-order valence-corrected chi connectivity index (χ1v) is 10.3. The van der Waals surface area contributed by atoms with Gasteiger partial charge in [-0.1, -0.05) is 6.07 Å². The summed E-state index contributed by atoms with van der Waals surface area (Å²) in [6.45, 7) is 5.66. The predicted octanol–water partition coefficient (Wildman–Crippen LogP) is 2.13. The SMILES string of the molecule is COc1cc(NC(=O)C2CCC(S)C2)ccc1C.[CH2-]c1c(Br)cccc1[C-]=O.[K+]. The summed E-state index contributed by atoms with van der Waals surface area (Å²) < 4.78 is 6.09. The number of methoxy groups -OCH3 is 1. The third-order valence-electron chi connectivity index (χ3n) is 4.68. The van der Waals surface area contributed by atoms with E-state index in [1.165, 1.54) is 0 Å². The second-order valence-electron chi connectivity index (χ2n) is 6.71. The Bertz CT molecular complexity index is 847. The van der Waals surface area contributed by atoms with E-state index in [9.17, 15) is 9.59 Å². The molecule has 1 fully saturated rings. The molecule has 3 rings (SSSR count). The minimum atomic E-state index is 0. The van der Waals surface area contributed by atoms with Crippen molar-refractivity contribution in [2.24, 2.45) is 5.92 Å². The Balaban J connectivity index is 0.000000327. The second-order valence-corrected chi connectivity index (χ2v) is 8.29. The Hall–Kier alpha value is -0.284. The number of carbonyl (C=O) groups is 1. The molecule has 1 amide bonds. The largest absolute Gasteiger partial charge is 1.00 e. The van der Waals surface area contributed by atoms with Crippen molar-refractivity contribution in [1.82, 2.24) is 0 Å². The monoisotopic (exact) mass is 500 g/mol. The molecule has 1 saturated carbocycles. The summed E-state index contributed by atoms with van der Waals surface area (Å²) in [6, 6.07) is 11.0. The van der Waals surface area contributed by atoms with Crippen molar-refractivity contribution in [3.8, 4) is 5.75 Å². The summed E-state index contributed by atoms with van der Waals surface area (Å²) in [5.74, 6) is 0.989. The fourth-order valence-corrected chi connectivity index (χ4v) is 3.76. The molecule has 29 heavy (non-hydrogen) atoms. The average Bonchev–Trinajstić information content (AvgIpc) is 3.12. The minimum Gasteiger partial charge on any atom is -0.496 e. The molecule has 0 heterocycles. The van der Waals surface area contributed by atoms with Gasteiger partial charge in [-0.15, -0.1) is 32.5 Å². The molecule has 0 radical (unpaired) electrons. The van der Waals surface area contributed by atoms with Gasteiger partial charge in [0.1, 0.15) is 5.75 Å². The van der Waals surface area contributed by atoms with E-state index < -0.39 is 0 Å². The van der Waals surface area contributed by atoms with E-state index in [1.807, 2.05) is 31.2 Å². The van der Waals surface area contributed by atoms with Crippen LogP contribution in [0.15, 0.2) is 40.9 Å². The van der Waals surface area contributed by atoms with Crippen LogP contribution in [0.1, 0.15) is 36.0 Å². The van der Waals surface area contributed by atoms with Crippen molar-refractivity contribution in [1.29, 1.82) is 0 Å². The van der Waals surface area contributed by atoms with Crippen molar-refractivity contribution in [3.63, 3.8) is 0 Å². The summed E-state index contributed by atoms with van der Waals surface area (Å²) in [7, 11) is 1.64. The molecule has 0 aliphatic heterocycles. The zero-order valence-electron chi connectivity index (χ0n) is 17.0. The number of rotatable bonds is 4. The average molecular weight is 502 g/mol. The predicted molar refractivity (Wildman–Crippen MR) is 120 cm³/mol. The van der Waals surface area contributed by atoms with Crippen molar-refractivity contribution in [2.45, 2.75) is 31.4 Å². The first-order chi connectivity index (χ1) is 13.3. The first kappa shape index (κ1) is 26.8. The topological polar surface area (TPSA) is 55.4 Å². The van der Waals surface area contributed by atoms with Crippen LogP contribution in [0.3, 0.4) is 0 Å². The molecule has 2 atom stereocenters. The standard InChI is InChI=1S/C14H19NO2S.C8H5BrO.K/c1-9-3-5-11(8-13(9)17-2)15-14(16)10-4-6-12(18)7-10;1-6-7(5-10)3-2-4-8(6)9;/h3,5,8,10,12,18H,4,6-7H2,1-2H3,(H,15,16);2-4H,1H2;/q;-2;+1. The maximum Gasteiger partial charge on any atom is 1.00 e. The molecule has 2 aromatic carbocycles. The number of nitrogens with one attached hydrogen (secondary N) is 1. The van der Waals surface area contributed by atoms with Crippen LogP contribution in [0.4, 0.5) is 5.69 Å². The molecule has 2 aromatic rings. The zero-order valence-corrected chi connectivity index (χ0v) is 22.6. The van der Waals surface area contributed by atoms with Gasteiger partial charge in [0, 0.05) is 22.9 Å². The molecular weight excluding hydrogens is 477 g/mol. The summed E-state index contributed by atoms with van der Waals surface area (Å²) in [5.41, 5.74) is 3.06. The van der Waals surface area contributed by atoms with E-state index in [2.05, 4.69) is 40.8 Å². The Labute approximate surface area is 229 Å². The van der Waals surface area contributed by atoms with Crippen LogP contribution in [0.25, 0.3) is 0 Å². The van der Waals surface area contributed by atoms with Gasteiger partial charge in [-0.2, -0.15) is 12.6 Å². The third kappa shape index (κ3) is 8.05. The van der Waals surface area contributed by atoms with Gasteiger partial charge in [0.05, 0.1) is 7.11 Å². The fourth-order valence-electron chi connectivity index (χ4n) is 2.99. The molecule has 1 aliphatic carbocycles. The molecule has 0 bridgehead atoms. The smallest absolute Gasteiger partial charge is 0.496 e. The van der Waals surface area contributed by atoms with Gasteiger partial charge < -0.3 is 14.8 Å². The van der Waals surface area contributed by atoms with Crippen molar-refractivity contribution >= 4 is 46.4 Å². The van der Waals surface area contributed by atoms with Gasteiger partial charge in [-0.3, -0.25) is 22.8 Å². The van der Waals surface area contributed by atoms with E-state index >= 15 is 0 Å². The normalized spacial score (nSPS) is 17.4. The molecule has 0 aromatic heterocycles. The maximum absolute atomic E-state index is 12.1. The molecule has 2 unspecified atom stereocenters. The Kier molecular flexibility index (Phi) is 12.2. The molecule has 0 saturated heterocycles. The molecule has 1 aliphatic rings. The van der Waals surface area contributed by atoms with E-state index in [1.54, 1.807) is 25.5 Å². The number of hydrogen-bond acceptors (Lipinski definition) is 4. The number of amides is 1. The van der Waals surface area contributed by atoms with Gasteiger partial charge >= 0.3 is 51.4 Å². The van der Waals surface area contributed by atoms with Gasteiger partial charge in [-0.25, -0.2) is 6.07 Å². The van der Waals surface area contributed by atoms with E-state index in [0.717, 1.165) is 40.7 Å². The zero-order chi connectivity index (χ0) is 20.7. The molecular formula is C22H24BrKNO3S-. The Morgan fingerprint density at radius 2 is 2.03 bits per heavy atom. The summed E-state index contributed by atoms with van der Waals surface area (Å²) >= 11 is 7.66. The van der Waals surface area contributed by atoms with Gasteiger partial charge in [-0.05, 0) is 44.1 Å². The van der Waals surface area contributed by atoms with Crippen molar-refractivity contribution in [3.05, 3.63) is 64.5 Å². The number of hydrogen-bond donors (Lipinski definition) is 2. The Morgan fingerprint density at radius 1 is 1.31 bits per heavy atom. The van der Waals surface area contributed by atoms with Crippen LogP contribution in [0.2, 0.25) is 0 Å². The number of thiol groups is 1. The number of benzene rings is 2. The second kappa shape index (κ2) is 13.2. The molecule has 4 nitrogen and oxygen atoms in total. The number of carbonyl (C=O) groups excluding carboxylic acids is 2. The van der Waals surface area contributed by atoms with E-state index in [4.69, 9.17) is 4.74 Å². The maximum atomic E-state index is 12.1. The van der Waals surface area contributed by atoms with Crippen molar-refractivity contribution in [2.75, 3.05) is 12.4 Å². The minimum absolute atomic E-state index is 0. The van der Waals surface area contributed by atoms with Crippen LogP contribution in [0.5, 0.6) is 5.75 Å². The summed E-state index contributed by atoms with van der Waals surface area (Å²) in [6.07, 6.45) is 4.63. The summed E-state index contributed by atoms with van der Waals surface area (Å²) in [4.78, 5) is 22.3. The van der Waals surface area contributed by atoms with Gasteiger partial charge in [0.2, 0.25) is 5.91 Å². The van der Waals surface area contributed by atoms with Crippen LogP contribution >= 0.6 is 28.6 Å². The van der Waals surface area contributed by atoms with Gasteiger partial charge in [0.25, 0.3) is 0 Å². The molecule has 7 heteroatoms. The van der Waals surface area contributed by atoms with Crippen molar-refractivity contribution < 1.29 is 65.7 Å². The molecule has 1 N–H and O–H groups in total. The first-order valence-electron chi connectivity index (χ1n) is 8.98. The number of anilines is 1. The molecule has 150 valence electrons.